The molecule has 102 valence electrons. The predicted molar refractivity (Wildman–Crippen MR) is 59.7 cm³/mol. The highest BCUT2D eigenvalue weighted by Gasteiger charge is 2.45. The summed E-state index contributed by atoms with van der Waals surface area (Å²) < 4.78 is 39.3. The molecule has 3 heterocycles. The predicted octanol–water partition coefficient (Wildman–Crippen LogP) is -0.0878. The first-order valence-electron chi connectivity index (χ1n) is 5.30. The Hall–Kier alpha value is -1.91. The van der Waals surface area contributed by atoms with E-state index in [1.54, 1.807) is 6.08 Å². The lowest BCUT2D eigenvalue weighted by Gasteiger charge is -2.22. The molecule has 1 aromatic rings. The Bertz CT molecular complexity index is 637. The SMILES string of the molecule is O=C1N2CC=C(c3cnoc3)C(C2)N1OS(=O)(=O)O. The quantitative estimate of drug-likeness (QED) is 0.773. The van der Waals surface area contributed by atoms with Gasteiger partial charge in [0, 0.05) is 12.1 Å². The van der Waals surface area contributed by atoms with Crippen molar-refractivity contribution in [2.45, 2.75) is 6.04 Å². The minimum Gasteiger partial charge on any atom is -0.364 e. The zero-order valence-corrected chi connectivity index (χ0v) is 10.3. The highest BCUT2D eigenvalue weighted by Crippen LogP contribution is 2.32. The van der Waals surface area contributed by atoms with E-state index >= 15 is 0 Å². The average molecular weight is 287 g/mol. The van der Waals surface area contributed by atoms with Crippen molar-refractivity contribution in [3.63, 3.8) is 0 Å². The second-order valence-corrected chi connectivity index (χ2v) is 5.11. The second kappa shape index (κ2) is 4.05. The van der Waals surface area contributed by atoms with Crippen LogP contribution in [0, 0.1) is 0 Å². The summed E-state index contributed by atoms with van der Waals surface area (Å²) in [5.74, 6) is 0. The standard InChI is InChI=1S/C9H9N3O6S/c13-9-11-2-1-7(6-3-10-17-5-6)8(4-11)12(9)18-19(14,15)16/h1,3,5,8H,2,4H2,(H,14,15,16). The van der Waals surface area contributed by atoms with Gasteiger partial charge in [-0.15, -0.1) is 4.28 Å². The molecule has 2 bridgehead atoms. The summed E-state index contributed by atoms with van der Waals surface area (Å²) in [4.78, 5) is 13.3. The van der Waals surface area contributed by atoms with Crippen LogP contribution in [0.25, 0.3) is 5.57 Å². The molecule has 0 radical (unpaired) electrons. The Labute approximate surface area is 107 Å². The third-order valence-electron chi connectivity index (χ3n) is 2.97. The maximum atomic E-state index is 11.9. The van der Waals surface area contributed by atoms with E-state index in [0.29, 0.717) is 22.7 Å². The number of nitrogens with zero attached hydrogens (tertiary/aromatic N) is 3. The third-order valence-corrected chi connectivity index (χ3v) is 3.32. The zero-order chi connectivity index (χ0) is 13.6. The average Bonchev–Trinajstić information content (AvgIpc) is 2.93. The van der Waals surface area contributed by atoms with E-state index in [0.717, 1.165) is 0 Å². The summed E-state index contributed by atoms with van der Waals surface area (Å²) >= 11 is 0. The van der Waals surface area contributed by atoms with Crippen molar-refractivity contribution >= 4 is 22.0 Å². The molecule has 1 atom stereocenters. The lowest BCUT2D eigenvalue weighted by atomic mass is 9.99. The molecule has 0 aliphatic carbocycles. The van der Waals surface area contributed by atoms with E-state index < -0.39 is 22.5 Å². The second-order valence-electron chi connectivity index (χ2n) is 4.10. The summed E-state index contributed by atoms with van der Waals surface area (Å²) in [5, 5.41) is 4.20. The minimum atomic E-state index is -4.76. The van der Waals surface area contributed by atoms with Gasteiger partial charge in [0.25, 0.3) is 0 Å². The summed E-state index contributed by atoms with van der Waals surface area (Å²) in [6, 6.07) is -1.26. The van der Waals surface area contributed by atoms with Gasteiger partial charge in [-0.2, -0.15) is 13.5 Å². The molecule has 2 amide bonds. The van der Waals surface area contributed by atoms with Gasteiger partial charge in [0.2, 0.25) is 0 Å². The fourth-order valence-electron chi connectivity index (χ4n) is 2.20. The maximum Gasteiger partial charge on any atom is 0.418 e. The first-order chi connectivity index (χ1) is 8.96. The number of urea groups is 1. The highest BCUT2D eigenvalue weighted by molar-refractivity contribution is 7.80. The van der Waals surface area contributed by atoms with Gasteiger partial charge in [-0.1, -0.05) is 11.2 Å². The van der Waals surface area contributed by atoms with Crippen LogP contribution < -0.4 is 0 Å². The molecule has 3 rings (SSSR count). The van der Waals surface area contributed by atoms with Crippen molar-refractivity contribution in [3.05, 3.63) is 24.1 Å². The molecular weight excluding hydrogens is 278 g/mol. The van der Waals surface area contributed by atoms with Crippen LogP contribution in [0.3, 0.4) is 0 Å². The number of aromatic nitrogens is 1. The molecule has 0 aromatic carbocycles. The van der Waals surface area contributed by atoms with Crippen molar-refractivity contribution in [2.75, 3.05) is 13.1 Å². The molecule has 0 spiro atoms. The number of hydrogen-bond acceptors (Lipinski definition) is 6. The molecule has 1 aromatic heterocycles. The van der Waals surface area contributed by atoms with Crippen LogP contribution in [0.5, 0.6) is 0 Å². The Morgan fingerprint density at radius 3 is 2.95 bits per heavy atom. The van der Waals surface area contributed by atoms with Crippen LogP contribution in [0.15, 0.2) is 23.1 Å². The summed E-state index contributed by atoms with van der Waals surface area (Å²) in [5.41, 5.74) is 1.29. The van der Waals surface area contributed by atoms with Crippen molar-refractivity contribution in [1.82, 2.24) is 15.1 Å². The first kappa shape index (κ1) is 12.1. The van der Waals surface area contributed by atoms with Gasteiger partial charge >= 0.3 is 16.4 Å². The summed E-state index contributed by atoms with van der Waals surface area (Å²) in [6.07, 6.45) is 4.60. The van der Waals surface area contributed by atoms with E-state index in [-0.39, 0.29) is 6.54 Å². The molecule has 1 N–H and O–H groups in total. The zero-order valence-electron chi connectivity index (χ0n) is 9.46. The van der Waals surface area contributed by atoms with Crippen LogP contribution in [0.4, 0.5) is 4.79 Å². The topological polar surface area (TPSA) is 113 Å². The Morgan fingerprint density at radius 2 is 2.32 bits per heavy atom. The normalized spacial score (nSPS) is 22.9. The molecule has 1 saturated heterocycles. The summed E-state index contributed by atoms with van der Waals surface area (Å²) in [7, 11) is -4.76. The molecule has 2 aliphatic heterocycles. The summed E-state index contributed by atoms with van der Waals surface area (Å²) in [6.45, 7) is 0.590. The van der Waals surface area contributed by atoms with Gasteiger partial charge in [0.1, 0.15) is 12.3 Å². The molecule has 10 heteroatoms. The molecular formula is C9H9N3O6S. The van der Waals surface area contributed by atoms with Crippen LogP contribution in [-0.2, 0) is 14.7 Å². The van der Waals surface area contributed by atoms with E-state index in [1.807, 2.05) is 0 Å². The Kier molecular flexibility index (Phi) is 2.59. The molecule has 2 aliphatic rings. The third kappa shape index (κ3) is 2.09. The number of carbonyl (C=O) groups excluding carboxylic acids is 1. The van der Waals surface area contributed by atoms with Crippen LogP contribution in [-0.4, -0.2) is 53.3 Å². The van der Waals surface area contributed by atoms with Crippen LogP contribution in [0.2, 0.25) is 0 Å². The number of fused-ring (bicyclic) bond motifs is 2. The van der Waals surface area contributed by atoms with E-state index in [2.05, 4.69) is 9.44 Å². The number of rotatable bonds is 3. The van der Waals surface area contributed by atoms with Crippen molar-refractivity contribution in [2.24, 2.45) is 0 Å². The minimum absolute atomic E-state index is 0.269. The van der Waals surface area contributed by atoms with Crippen molar-refractivity contribution < 1.29 is 26.6 Å². The van der Waals surface area contributed by atoms with Gasteiger partial charge in [-0.25, -0.2) is 4.79 Å². The fraction of sp³-hybridized carbons (Fsp3) is 0.333. The van der Waals surface area contributed by atoms with Crippen molar-refractivity contribution in [3.8, 4) is 0 Å². The van der Waals surface area contributed by atoms with Gasteiger partial charge in [0.15, 0.2) is 0 Å². The number of hydroxylamine groups is 2. The monoisotopic (exact) mass is 287 g/mol. The van der Waals surface area contributed by atoms with E-state index in [4.69, 9.17) is 9.08 Å². The number of amides is 2. The van der Waals surface area contributed by atoms with E-state index in [9.17, 15) is 13.2 Å². The van der Waals surface area contributed by atoms with Crippen molar-refractivity contribution in [1.29, 1.82) is 0 Å². The molecule has 0 saturated carbocycles. The largest absolute Gasteiger partial charge is 0.418 e. The Balaban J connectivity index is 1.95. The molecule has 9 nitrogen and oxygen atoms in total. The lowest BCUT2D eigenvalue weighted by molar-refractivity contribution is -0.0160. The molecule has 19 heavy (non-hydrogen) atoms. The number of carbonyl (C=O) groups is 1. The van der Waals surface area contributed by atoms with Gasteiger partial charge in [-0.05, 0) is 5.57 Å². The van der Waals surface area contributed by atoms with Crippen LogP contribution in [0.1, 0.15) is 5.56 Å². The van der Waals surface area contributed by atoms with Gasteiger partial charge in [0.05, 0.1) is 12.7 Å². The van der Waals surface area contributed by atoms with Crippen LogP contribution >= 0.6 is 0 Å². The lowest BCUT2D eigenvalue weighted by Crippen LogP contribution is -2.36. The highest BCUT2D eigenvalue weighted by atomic mass is 32.3. The molecule has 1 fully saturated rings. The van der Waals surface area contributed by atoms with E-state index in [1.165, 1.54) is 17.4 Å². The fourth-order valence-corrected chi connectivity index (χ4v) is 2.57. The van der Waals surface area contributed by atoms with Gasteiger partial charge < -0.3 is 9.42 Å². The molecule has 1 unspecified atom stereocenters. The smallest absolute Gasteiger partial charge is 0.364 e. The Morgan fingerprint density at radius 1 is 1.53 bits per heavy atom. The van der Waals surface area contributed by atoms with Gasteiger partial charge in [-0.3, -0.25) is 4.55 Å². The first-order valence-corrected chi connectivity index (χ1v) is 6.67. The number of hydrogen-bond donors (Lipinski definition) is 1. The maximum absolute atomic E-state index is 11.9.